The summed E-state index contributed by atoms with van der Waals surface area (Å²) in [4.78, 5) is 10.6. The fourth-order valence-corrected chi connectivity index (χ4v) is 1.35. The Balaban J connectivity index is 2.34. The van der Waals surface area contributed by atoms with Crippen LogP contribution in [0.2, 0.25) is 5.15 Å². The molecule has 0 aliphatic heterocycles. The first-order chi connectivity index (χ1) is 7.66. The average Bonchev–Trinajstić information content (AvgIpc) is 2.30. The molecule has 0 unspecified atom stereocenters. The Morgan fingerprint density at radius 3 is 2.25 bits per heavy atom. The molecule has 0 aliphatic carbocycles. The molecule has 0 atom stereocenters. The Hall–Kier alpha value is -1.94. The summed E-state index contributed by atoms with van der Waals surface area (Å²) in [7, 11) is 0. The van der Waals surface area contributed by atoms with Crippen molar-refractivity contribution in [1.29, 1.82) is 0 Å². The van der Waals surface area contributed by atoms with Crippen LogP contribution in [-0.4, -0.2) is 21.3 Å². The molecular weight excluding hydrogens is 228 g/mol. The molecule has 1 aromatic carbocycles. The van der Waals surface area contributed by atoms with Gasteiger partial charge in [-0.15, -0.1) is 10.2 Å². The van der Waals surface area contributed by atoms with Gasteiger partial charge in [0.05, 0.1) is 11.3 Å². The normalized spacial score (nSPS) is 10.1. The number of carboxylic acid groups (broad SMARTS) is 1. The molecule has 4 nitrogen and oxygen atoms in total. The minimum Gasteiger partial charge on any atom is -0.478 e. The largest absolute Gasteiger partial charge is 0.478 e. The molecule has 2 aromatic rings. The number of carbonyl (C=O) groups is 1. The number of rotatable bonds is 2. The third-order valence-corrected chi connectivity index (χ3v) is 2.26. The van der Waals surface area contributed by atoms with Crippen LogP contribution in [0.1, 0.15) is 10.4 Å². The van der Waals surface area contributed by atoms with E-state index in [1.165, 1.54) is 12.1 Å². The van der Waals surface area contributed by atoms with E-state index in [-0.39, 0.29) is 5.56 Å². The Morgan fingerprint density at radius 1 is 1.06 bits per heavy atom. The minimum atomic E-state index is -0.950. The summed E-state index contributed by atoms with van der Waals surface area (Å²) in [6.45, 7) is 0. The highest BCUT2D eigenvalue weighted by Gasteiger charge is 2.04. The van der Waals surface area contributed by atoms with Crippen molar-refractivity contribution in [1.82, 2.24) is 10.2 Å². The summed E-state index contributed by atoms with van der Waals surface area (Å²) in [6.07, 6.45) is 0. The van der Waals surface area contributed by atoms with Crippen molar-refractivity contribution in [3.8, 4) is 11.3 Å². The zero-order valence-electron chi connectivity index (χ0n) is 8.09. The third kappa shape index (κ3) is 2.17. The van der Waals surface area contributed by atoms with E-state index in [1.54, 1.807) is 24.3 Å². The first-order valence-corrected chi connectivity index (χ1v) is 4.87. The van der Waals surface area contributed by atoms with Crippen molar-refractivity contribution in [3.63, 3.8) is 0 Å². The van der Waals surface area contributed by atoms with Gasteiger partial charge in [0.25, 0.3) is 0 Å². The summed E-state index contributed by atoms with van der Waals surface area (Å²) in [6, 6.07) is 9.77. The van der Waals surface area contributed by atoms with Gasteiger partial charge in [-0.25, -0.2) is 4.79 Å². The molecule has 1 aromatic heterocycles. The summed E-state index contributed by atoms with van der Waals surface area (Å²) >= 11 is 5.61. The van der Waals surface area contributed by atoms with Crippen molar-refractivity contribution in [2.24, 2.45) is 0 Å². The number of halogens is 1. The molecule has 0 amide bonds. The quantitative estimate of drug-likeness (QED) is 0.867. The zero-order chi connectivity index (χ0) is 11.5. The molecule has 0 fully saturated rings. The maximum Gasteiger partial charge on any atom is 0.335 e. The van der Waals surface area contributed by atoms with E-state index in [9.17, 15) is 4.79 Å². The van der Waals surface area contributed by atoms with Gasteiger partial charge in [0.2, 0.25) is 0 Å². The van der Waals surface area contributed by atoms with Crippen LogP contribution in [0, 0.1) is 0 Å². The van der Waals surface area contributed by atoms with Crippen molar-refractivity contribution in [2.45, 2.75) is 0 Å². The van der Waals surface area contributed by atoms with Crippen LogP contribution in [0.15, 0.2) is 36.4 Å². The standard InChI is InChI=1S/C11H7ClN2O2/c12-10-6-5-9(13-14-10)7-1-3-8(4-2-7)11(15)16/h1-6H,(H,15,16). The second-order valence-corrected chi connectivity index (χ2v) is 3.51. The number of aromatic nitrogens is 2. The van der Waals surface area contributed by atoms with Crippen molar-refractivity contribution >= 4 is 17.6 Å². The van der Waals surface area contributed by atoms with Gasteiger partial charge in [-0.2, -0.15) is 0 Å². The molecule has 16 heavy (non-hydrogen) atoms. The number of carboxylic acids is 1. The molecule has 80 valence electrons. The molecule has 0 aliphatic rings. The lowest BCUT2D eigenvalue weighted by atomic mass is 10.1. The Bertz CT molecular complexity index is 509. The first-order valence-electron chi connectivity index (χ1n) is 4.50. The highest BCUT2D eigenvalue weighted by molar-refractivity contribution is 6.29. The molecule has 0 spiro atoms. The Labute approximate surface area is 96.5 Å². The molecule has 0 bridgehead atoms. The van der Waals surface area contributed by atoms with E-state index in [1.807, 2.05) is 0 Å². The Morgan fingerprint density at radius 2 is 1.75 bits per heavy atom. The van der Waals surface area contributed by atoms with Gasteiger partial charge in [-0.1, -0.05) is 23.7 Å². The molecule has 2 rings (SSSR count). The van der Waals surface area contributed by atoms with Gasteiger partial charge in [0.15, 0.2) is 5.15 Å². The van der Waals surface area contributed by atoms with Crippen molar-refractivity contribution in [3.05, 3.63) is 47.1 Å². The van der Waals surface area contributed by atoms with E-state index in [4.69, 9.17) is 16.7 Å². The molecule has 0 saturated heterocycles. The van der Waals surface area contributed by atoms with Gasteiger partial charge in [0, 0.05) is 5.56 Å². The van der Waals surface area contributed by atoms with E-state index in [2.05, 4.69) is 10.2 Å². The lowest BCUT2D eigenvalue weighted by molar-refractivity contribution is 0.0697. The van der Waals surface area contributed by atoms with Crippen LogP contribution >= 0.6 is 11.6 Å². The summed E-state index contributed by atoms with van der Waals surface area (Å²) < 4.78 is 0. The van der Waals surface area contributed by atoms with Crippen molar-refractivity contribution in [2.75, 3.05) is 0 Å². The fraction of sp³-hybridized carbons (Fsp3) is 0. The van der Waals surface area contributed by atoms with Gasteiger partial charge in [-0.3, -0.25) is 0 Å². The van der Waals surface area contributed by atoms with Crippen molar-refractivity contribution < 1.29 is 9.90 Å². The number of aromatic carboxylic acids is 1. The van der Waals surface area contributed by atoms with Gasteiger partial charge < -0.3 is 5.11 Å². The number of hydrogen-bond acceptors (Lipinski definition) is 3. The van der Waals surface area contributed by atoms with Crippen LogP contribution in [0.25, 0.3) is 11.3 Å². The van der Waals surface area contributed by atoms with Crippen LogP contribution < -0.4 is 0 Å². The SMILES string of the molecule is O=C(O)c1ccc(-c2ccc(Cl)nn2)cc1. The maximum atomic E-state index is 10.6. The van der Waals surface area contributed by atoms with Crippen LogP contribution in [-0.2, 0) is 0 Å². The molecule has 1 N–H and O–H groups in total. The molecular formula is C11H7ClN2O2. The summed E-state index contributed by atoms with van der Waals surface area (Å²) in [5, 5.41) is 16.7. The van der Waals surface area contributed by atoms with Crippen LogP contribution in [0.5, 0.6) is 0 Å². The second-order valence-electron chi connectivity index (χ2n) is 3.12. The summed E-state index contributed by atoms with van der Waals surface area (Å²) in [5.41, 5.74) is 1.70. The van der Waals surface area contributed by atoms with Crippen LogP contribution in [0.4, 0.5) is 0 Å². The monoisotopic (exact) mass is 234 g/mol. The Kier molecular flexibility index (Phi) is 2.83. The van der Waals surface area contributed by atoms with Gasteiger partial charge in [-0.05, 0) is 24.3 Å². The third-order valence-electron chi connectivity index (χ3n) is 2.06. The van der Waals surface area contributed by atoms with Gasteiger partial charge in [0.1, 0.15) is 0 Å². The highest BCUT2D eigenvalue weighted by Crippen LogP contribution is 2.17. The topological polar surface area (TPSA) is 63.1 Å². The maximum absolute atomic E-state index is 10.6. The number of hydrogen-bond donors (Lipinski definition) is 1. The summed E-state index contributed by atoms with van der Waals surface area (Å²) in [5.74, 6) is -0.950. The van der Waals surface area contributed by atoms with E-state index < -0.39 is 5.97 Å². The minimum absolute atomic E-state index is 0.241. The van der Waals surface area contributed by atoms with E-state index >= 15 is 0 Å². The van der Waals surface area contributed by atoms with Crippen LogP contribution in [0.3, 0.4) is 0 Å². The molecule has 5 heteroatoms. The average molecular weight is 235 g/mol. The van der Waals surface area contributed by atoms with Gasteiger partial charge >= 0.3 is 5.97 Å². The second kappa shape index (κ2) is 4.28. The lowest BCUT2D eigenvalue weighted by Gasteiger charge is -2.00. The highest BCUT2D eigenvalue weighted by atomic mass is 35.5. The fourth-order valence-electron chi connectivity index (χ4n) is 1.25. The first kappa shape index (κ1) is 10.6. The molecule has 1 heterocycles. The number of nitrogens with zero attached hydrogens (tertiary/aromatic N) is 2. The number of benzene rings is 1. The van der Waals surface area contributed by atoms with E-state index in [0.29, 0.717) is 10.8 Å². The predicted octanol–water partition coefficient (Wildman–Crippen LogP) is 2.50. The lowest BCUT2D eigenvalue weighted by Crippen LogP contribution is -1.95. The van der Waals surface area contributed by atoms with E-state index in [0.717, 1.165) is 5.56 Å². The zero-order valence-corrected chi connectivity index (χ0v) is 8.85. The predicted molar refractivity (Wildman–Crippen MR) is 59.4 cm³/mol. The molecule has 0 radical (unpaired) electrons. The molecule has 0 saturated carbocycles. The smallest absolute Gasteiger partial charge is 0.335 e.